The van der Waals surface area contributed by atoms with Crippen LogP contribution in [0, 0.1) is 0 Å². The van der Waals surface area contributed by atoms with Crippen molar-refractivity contribution in [3.8, 4) is 0 Å². The minimum atomic E-state index is -0.145. The van der Waals surface area contributed by atoms with E-state index in [0.29, 0.717) is 24.6 Å². The number of aromatic nitrogens is 2. The van der Waals surface area contributed by atoms with Crippen LogP contribution in [0.2, 0.25) is 0 Å². The third-order valence-electron chi connectivity index (χ3n) is 5.35. The molecular weight excluding hydrogens is 388 g/mol. The van der Waals surface area contributed by atoms with Crippen LogP contribution >= 0.6 is 11.3 Å². The summed E-state index contributed by atoms with van der Waals surface area (Å²) in [7, 11) is 0. The zero-order valence-electron chi connectivity index (χ0n) is 16.4. The SMILES string of the molecule is O=C(Cc1csc(NC(=O)N2CCN(c3ccccn3)CC2)n1)N1CCCCC1. The van der Waals surface area contributed by atoms with E-state index in [1.807, 2.05) is 28.5 Å². The van der Waals surface area contributed by atoms with E-state index in [1.165, 1.54) is 17.8 Å². The summed E-state index contributed by atoms with van der Waals surface area (Å²) in [5, 5.41) is 5.28. The molecule has 154 valence electrons. The molecule has 8 nitrogen and oxygen atoms in total. The third-order valence-corrected chi connectivity index (χ3v) is 6.15. The van der Waals surface area contributed by atoms with Crippen molar-refractivity contribution in [1.29, 1.82) is 0 Å². The Balaban J connectivity index is 1.25. The number of hydrogen-bond donors (Lipinski definition) is 1. The number of piperazine rings is 1. The molecule has 2 aromatic heterocycles. The van der Waals surface area contributed by atoms with Crippen LogP contribution in [0.4, 0.5) is 15.7 Å². The van der Waals surface area contributed by atoms with E-state index in [2.05, 4.69) is 20.2 Å². The molecule has 2 aliphatic rings. The minimum Gasteiger partial charge on any atom is -0.353 e. The number of rotatable bonds is 4. The minimum absolute atomic E-state index is 0.124. The number of nitrogens with zero attached hydrogens (tertiary/aromatic N) is 5. The summed E-state index contributed by atoms with van der Waals surface area (Å²) in [6.07, 6.45) is 5.45. The molecular formula is C20H26N6O2S. The number of piperidine rings is 1. The van der Waals surface area contributed by atoms with Gasteiger partial charge >= 0.3 is 6.03 Å². The first-order valence-electron chi connectivity index (χ1n) is 10.1. The topological polar surface area (TPSA) is 81.7 Å². The number of urea groups is 1. The second-order valence-electron chi connectivity index (χ2n) is 7.35. The zero-order valence-corrected chi connectivity index (χ0v) is 17.2. The molecule has 29 heavy (non-hydrogen) atoms. The molecule has 0 spiro atoms. The Bertz CT molecular complexity index is 829. The largest absolute Gasteiger partial charge is 0.353 e. The van der Waals surface area contributed by atoms with Crippen LogP contribution in [0.3, 0.4) is 0 Å². The van der Waals surface area contributed by atoms with Crippen LogP contribution in [-0.2, 0) is 11.2 Å². The molecule has 4 rings (SSSR count). The summed E-state index contributed by atoms with van der Waals surface area (Å²) >= 11 is 1.37. The third kappa shape index (κ3) is 5.03. The van der Waals surface area contributed by atoms with Crippen molar-refractivity contribution < 1.29 is 9.59 Å². The van der Waals surface area contributed by atoms with Crippen molar-refractivity contribution in [1.82, 2.24) is 19.8 Å². The van der Waals surface area contributed by atoms with Gasteiger partial charge in [0, 0.05) is 50.8 Å². The molecule has 2 aliphatic heterocycles. The highest BCUT2D eigenvalue weighted by Gasteiger charge is 2.23. The normalized spacial score (nSPS) is 17.3. The van der Waals surface area contributed by atoms with E-state index in [-0.39, 0.29) is 11.9 Å². The Morgan fingerprint density at radius 3 is 2.52 bits per heavy atom. The molecule has 3 amide bonds. The Hall–Kier alpha value is -2.68. The smallest absolute Gasteiger partial charge is 0.323 e. The summed E-state index contributed by atoms with van der Waals surface area (Å²) in [5.74, 6) is 1.06. The van der Waals surface area contributed by atoms with E-state index in [0.717, 1.165) is 50.5 Å². The molecule has 0 aromatic carbocycles. The van der Waals surface area contributed by atoms with Crippen molar-refractivity contribution in [2.24, 2.45) is 0 Å². The molecule has 0 atom stereocenters. The van der Waals surface area contributed by atoms with Gasteiger partial charge in [-0.3, -0.25) is 10.1 Å². The van der Waals surface area contributed by atoms with Crippen LogP contribution in [0.1, 0.15) is 25.0 Å². The molecule has 1 N–H and O–H groups in total. The van der Waals surface area contributed by atoms with Crippen molar-refractivity contribution in [3.05, 3.63) is 35.5 Å². The van der Waals surface area contributed by atoms with Gasteiger partial charge in [0.15, 0.2) is 5.13 Å². The molecule has 0 aliphatic carbocycles. The maximum absolute atomic E-state index is 12.6. The monoisotopic (exact) mass is 414 g/mol. The molecule has 2 saturated heterocycles. The molecule has 9 heteroatoms. The lowest BCUT2D eigenvalue weighted by Crippen LogP contribution is -2.50. The molecule has 0 radical (unpaired) electrons. The van der Waals surface area contributed by atoms with E-state index in [4.69, 9.17) is 0 Å². The quantitative estimate of drug-likeness (QED) is 0.831. The summed E-state index contributed by atoms with van der Waals surface area (Å²) in [6.45, 7) is 4.45. The van der Waals surface area contributed by atoms with Gasteiger partial charge in [-0.05, 0) is 31.4 Å². The Morgan fingerprint density at radius 1 is 1.00 bits per heavy atom. The van der Waals surface area contributed by atoms with Crippen LogP contribution in [0.5, 0.6) is 0 Å². The predicted molar refractivity (Wildman–Crippen MR) is 113 cm³/mol. The number of likely N-dealkylation sites (tertiary alicyclic amines) is 1. The summed E-state index contributed by atoms with van der Waals surface area (Å²) in [6, 6.07) is 5.71. The summed E-state index contributed by atoms with van der Waals surface area (Å²) < 4.78 is 0. The van der Waals surface area contributed by atoms with E-state index in [9.17, 15) is 9.59 Å². The molecule has 4 heterocycles. The van der Waals surface area contributed by atoms with Gasteiger partial charge in [-0.1, -0.05) is 6.07 Å². The first-order chi connectivity index (χ1) is 14.2. The van der Waals surface area contributed by atoms with Crippen molar-refractivity contribution >= 4 is 34.2 Å². The standard InChI is InChI=1S/C20H26N6O2S/c27-18(25-8-4-1-5-9-25)14-16-15-29-19(22-16)23-20(28)26-12-10-24(11-13-26)17-6-2-3-7-21-17/h2-3,6-7,15H,1,4-5,8-14H2,(H,22,23,28). The fraction of sp³-hybridized carbons (Fsp3) is 0.500. The Morgan fingerprint density at radius 2 is 1.79 bits per heavy atom. The number of anilines is 2. The lowest BCUT2D eigenvalue weighted by molar-refractivity contribution is -0.131. The first kappa shape index (κ1) is 19.6. The van der Waals surface area contributed by atoms with E-state index < -0.39 is 0 Å². The number of thiazole rings is 1. The van der Waals surface area contributed by atoms with Crippen molar-refractivity contribution in [3.63, 3.8) is 0 Å². The van der Waals surface area contributed by atoms with Gasteiger partial charge in [0.05, 0.1) is 12.1 Å². The second-order valence-corrected chi connectivity index (χ2v) is 8.21. The lowest BCUT2D eigenvalue weighted by atomic mass is 10.1. The van der Waals surface area contributed by atoms with Gasteiger partial charge < -0.3 is 14.7 Å². The van der Waals surface area contributed by atoms with Gasteiger partial charge in [0.25, 0.3) is 0 Å². The van der Waals surface area contributed by atoms with Gasteiger partial charge in [-0.25, -0.2) is 14.8 Å². The van der Waals surface area contributed by atoms with E-state index >= 15 is 0 Å². The highest BCUT2D eigenvalue weighted by atomic mass is 32.1. The molecule has 0 saturated carbocycles. The second kappa shape index (κ2) is 9.21. The Kier molecular flexibility index (Phi) is 6.24. The summed E-state index contributed by atoms with van der Waals surface area (Å²) in [4.78, 5) is 39.6. The first-order valence-corrected chi connectivity index (χ1v) is 11.0. The van der Waals surface area contributed by atoms with Crippen LogP contribution in [0.25, 0.3) is 0 Å². The summed E-state index contributed by atoms with van der Waals surface area (Å²) in [5.41, 5.74) is 0.723. The van der Waals surface area contributed by atoms with E-state index in [1.54, 1.807) is 11.1 Å². The highest BCUT2D eigenvalue weighted by molar-refractivity contribution is 7.13. The Labute approximate surface area is 174 Å². The molecule has 2 fully saturated rings. The van der Waals surface area contributed by atoms with Crippen LogP contribution < -0.4 is 10.2 Å². The predicted octanol–water partition coefficient (Wildman–Crippen LogP) is 2.45. The van der Waals surface area contributed by atoms with Crippen molar-refractivity contribution in [2.45, 2.75) is 25.7 Å². The van der Waals surface area contributed by atoms with Crippen molar-refractivity contribution in [2.75, 3.05) is 49.5 Å². The van der Waals surface area contributed by atoms with Crippen LogP contribution in [-0.4, -0.2) is 71.0 Å². The number of carbonyl (C=O) groups excluding carboxylic acids is 2. The number of pyridine rings is 1. The van der Waals surface area contributed by atoms with Crippen LogP contribution in [0.15, 0.2) is 29.8 Å². The molecule has 0 bridgehead atoms. The maximum Gasteiger partial charge on any atom is 0.323 e. The zero-order chi connectivity index (χ0) is 20.1. The highest BCUT2D eigenvalue weighted by Crippen LogP contribution is 2.19. The van der Waals surface area contributed by atoms with Gasteiger partial charge in [-0.15, -0.1) is 11.3 Å². The number of nitrogens with one attached hydrogen (secondary N) is 1. The van der Waals surface area contributed by atoms with Gasteiger partial charge in [0.2, 0.25) is 5.91 Å². The lowest BCUT2D eigenvalue weighted by Gasteiger charge is -2.35. The average molecular weight is 415 g/mol. The average Bonchev–Trinajstić information content (AvgIpc) is 3.21. The molecule has 2 aromatic rings. The van der Waals surface area contributed by atoms with Gasteiger partial charge in [-0.2, -0.15) is 0 Å². The van der Waals surface area contributed by atoms with Gasteiger partial charge in [0.1, 0.15) is 5.82 Å². The fourth-order valence-electron chi connectivity index (χ4n) is 3.71. The molecule has 0 unspecified atom stereocenters. The fourth-order valence-corrected chi connectivity index (χ4v) is 4.41. The number of amides is 3. The maximum atomic E-state index is 12.6. The number of hydrogen-bond acceptors (Lipinski definition) is 6. The number of carbonyl (C=O) groups is 2.